The van der Waals surface area contributed by atoms with Crippen molar-refractivity contribution < 1.29 is 19.0 Å². The molecule has 0 aromatic heterocycles. The second kappa shape index (κ2) is 11.2. The molecule has 1 saturated heterocycles. The second-order valence-electron chi connectivity index (χ2n) is 7.11. The number of anilines is 1. The molecular weight excluding hydrogens is 404 g/mol. The molecule has 2 aromatic carbocycles. The van der Waals surface area contributed by atoms with E-state index in [4.69, 9.17) is 25.8 Å². The minimum atomic E-state index is -0.249. The van der Waals surface area contributed by atoms with E-state index in [-0.39, 0.29) is 5.91 Å². The smallest absolute Gasteiger partial charge is 0.255 e. The zero-order valence-corrected chi connectivity index (χ0v) is 18.3. The molecule has 0 atom stereocenters. The van der Waals surface area contributed by atoms with Crippen LogP contribution in [0, 0.1) is 0 Å². The summed E-state index contributed by atoms with van der Waals surface area (Å²) in [5, 5.41) is 3.28. The summed E-state index contributed by atoms with van der Waals surface area (Å²) in [5.41, 5.74) is 2.35. The van der Waals surface area contributed by atoms with Crippen molar-refractivity contribution in [2.45, 2.75) is 26.8 Å². The van der Waals surface area contributed by atoms with Crippen molar-refractivity contribution in [1.29, 1.82) is 0 Å². The Labute approximate surface area is 183 Å². The van der Waals surface area contributed by atoms with Gasteiger partial charge in [0.05, 0.1) is 31.5 Å². The lowest BCUT2D eigenvalue weighted by molar-refractivity contribution is 0.0342. The molecule has 0 radical (unpaired) electrons. The molecule has 1 heterocycles. The second-order valence-corrected chi connectivity index (χ2v) is 7.51. The summed E-state index contributed by atoms with van der Waals surface area (Å²) in [4.78, 5) is 15.1. The molecule has 0 bridgehead atoms. The summed E-state index contributed by atoms with van der Waals surface area (Å²) in [6, 6.07) is 11.2. The molecule has 2 aromatic rings. The third-order valence-corrected chi connectivity index (χ3v) is 5.02. The lowest BCUT2D eigenvalue weighted by Gasteiger charge is -2.26. The number of carbonyl (C=O) groups excluding carboxylic acids is 1. The van der Waals surface area contributed by atoms with Crippen molar-refractivity contribution in [3.63, 3.8) is 0 Å². The van der Waals surface area contributed by atoms with Gasteiger partial charge in [0, 0.05) is 30.9 Å². The third kappa shape index (κ3) is 6.11. The number of benzene rings is 2. The zero-order chi connectivity index (χ0) is 21.3. The van der Waals surface area contributed by atoms with Crippen LogP contribution in [0.25, 0.3) is 0 Å². The van der Waals surface area contributed by atoms with Crippen LogP contribution in [0.15, 0.2) is 36.4 Å². The van der Waals surface area contributed by atoms with E-state index in [1.54, 1.807) is 12.1 Å². The highest BCUT2D eigenvalue weighted by atomic mass is 35.5. The number of nitrogens with zero attached hydrogens (tertiary/aromatic N) is 1. The molecule has 30 heavy (non-hydrogen) atoms. The maximum Gasteiger partial charge on any atom is 0.255 e. The predicted molar refractivity (Wildman–Crippen MR) is 119 cm³/mol. The fourth-order valence-electron chi connectivity index (χ4n) is 3.22. The summed E-state index contributed by atoms with van der Waals surface area (Å²) in [5.74, 6) is 0.703. The number of carbonyl (C=O) groups is 1. The Morgan fingerprint density at radius 3 is 2.53 bits per heavy atom. The van der Waals surface area contributed by atoms with Crippen LogP contribution in [0.5, 0.6) is 11.5 Å². The fraction of sp³-hybridized carbons (Fsp3) is 0.435. The van der Waals surface area contributed by atoms with Crippen LogP contribution < -0.4 is 14.8 Å². The number of halogens is 1. The van der Waals surface area contributed by atoms with E-state index in [1.807, 2.05) is 38.1 Å². The summed E-state index contributed by atoms with van der Waals surface area (Å²) >= 11 is 6.37. The van der Waals surface area contributed by atoms with Crippen LogP contribution in [0.2, 0.25) is 5.02 Å². The van der Waals surface area contributed by atoms with E-state index in [0.717, 1.165) is 45.0 Å². The molecule has 1 amide bonds. The molecule has 7 heteroatoms. The Kier molecular flexibility index (Phi) is 8.37. The summed E-state index contributed by atoms with van der Waals surface area (Å²) < 4.78 is 16.7. The molecule has 1 fully saturated rings. The third-order valence-electron chi connectivity index (χ3n) is 4.74. The molecule has 0 aliphatic carbocycles. The first-order valence-electron chi connectivity index (χ1n) is 10.4. The molecule has 1 N–H and O–H groups in total. The largest absolute Gasteiger partial charge is 0.490 e. The number of nitrogens with one attached hydrogen (secondary N) is 1. The number of rotatable bonds is 9. The Bertz CT molecular complexity index is 836. The van der Waals surface area contributed by atoms with Gasteiger partial charge in [-0.3, -0.25) is 9.69 Å². The van der Waals surface area contributed by atoms with Gasteiger partial charge in [-0.2, -0.15) is 0 Å². The number of hydrogen-bond donors (Lipinski definition) is 1. The molecule has 1 aliphatic rings. The summed E-state index contributed by atoms with van der Waals surface area (Å²) in [6.45, 7) is 9.20. The van der Waals surface area contributed by atoms with Gasteiger partial charge < -0.3 is 19.5 Å². The standard InChI is InChI=1S/C23H29ClN2O4/c1-3-11-30-22-20(24)14-18(15-21(22)29-4-2)23(27)25-19-7-5-17(6-8-19)16-26-9-12-28-13-10-26/h5-8,14-15H,3-4,9-13,16H2,1-2H3,(H,25,27). The fourth-order valence-corrected chi connectivity index (χ4v) is 3.49. The van der Waals surface area contributed by atoms with Gasteiger partial charge in [0.1, 0.15) is 0 Å². The first-order chi connectivity index (χ1) is 14.6. The van der Waals surface area contributed by atoms with E-state index < -0.39 is 0 Å². The maximum atomic E-state index is 12.8. The lowest BCUT2D eigenvalue weighted by Crippen LogP contribution is -2.35. The van der Waals surface area contributed by atoms with Crippen LogP contribution >= 0.6 is 11.6 Å². The van der Waals surface area contributed by atoms with Gasteiger partial charge in [-0.1, -0.05) is 30.7 Å². The van der Waals surface area contributed by atoms with Crippen LogP contribution in [-0.2, 0) is 11.3 Å². The van der Waals surface area contributed by atoms with Crippen molar-refractivity contribution in [3.8, 4) is 11.5 Å². The Hall–Kier alpha value is -2.28. The molecule has 6 nitrogen and oxygen atoms in total. The van der Waals surface area contributed by atoms with Crippen LogP contribution in [0.1, 0.15) is 36.2 Å². The molecule has 0 saturated carbocycles. The van der Waals surface area contributed by atoms with E-state index in [9.17, 15) is 4.79 Å². The Morgan fingerprint density at radius 2 is 1.87 bits per heavy atom. The van der Waals surface area contributed by atoms with E-state index >= 15 is 0 Å². The van der Waals surface area contributed by atoms with Crippen LogP contribution in [0.4, 0.5) is 5.69 Å². The first kappa shape index (κ1) is 22.4. The highest BCUT2D eigenvalue weighted by molar-refractivity contribution is 6.32. The van der Waals surface area contributed by atoms with E-state index in [1.165, 1.54) is 5.56 Å². The minimum Gasteiger partial charge on any atom is -0.490 e. The molecule has 0 unspecified atom stereocenters. The molecule has 1 aliphatic heterocycles. The van der Waals surface area contributed by atoms with Gasteiger partial charge in [0.2, 0.25) is 0 Å². The Balaban J connectivity index is 1.67. The molecule has 0 spiro atoms. The quantitative estimate of drug-likeness (QED) is 0.626. The highest BCUT2D eigenvalue weighted by Gasteiger charge is 2.17. The molecular formula is C23H29ClN2O4. The van der Waals surface area contributed by atoms with Gasteiger partial charge >= 0.3 is 0 Å². The van der Waals surface area contributed by atoms with Crippen molar-refractivity contribution in [2.24, 2.45) is 0 Å². The van der Waals surface area contributed by atoms with Crippen molar-refractivity contribution in [3.05, 3.63) is 52.5 Å². The van der Waals surface area contributed by atoms with Crippen molar-refractivity contribution in [1.82, 2.24) is 4.90 Å². The summed E-state index contributed by atoms with van der Waals surface area (Å²) in [7, 11) is 0. The molecule has 162 valence electrons. The van der Waals surface area contributed by atoms with E-state index in [2.05, 4.69) is 10.2 Å². The van der Waals surface area contributed by atoms with Gasteiger partial charge in [-0.25, -0.2) is 0 Å². The van der Waals surface area contributed by atoms with Crippen LogP contribution in [0.3, 0.4) is 0 Å². The maximum absolute atomic E-state index is 12.8. The number of amides is 1. The average molecular weight is 433 g/mol. The monoisotopic (exact) mass is 432 g/mol. The number of morpholine rings is 1. The number of ether oxygens (including phenoxy) is 3. The highest BCUT2D eigenvalue weighted by Crippen LogP contribution is 2.37. The van der Waals surface area contributed by atoms with Gasteiger partial charge in [0.25, 0.3) is 5.91 Å². The molecule has 3 rings (SSSR count). The predicted octanol–water partition coefficient (Wildman–Crippen LogP) is 4.61. The van der Waals surface area contributed by atoms with Gasteiger partial charge in [0.15, 0.2) is 11.5 Å². The minimum absolute atomic E-state index is 0.249. The van der Waals surface area contributed by atoms with Crippen LogP contribution in [-0.4, -0.2) is 50.3 Å². The number of hydrogen-bond acceptors (Lipinski definition) is 5. The summed E-state index contributed by atoms with van der Waals surface area (Å²) in [6.07, 6.45) is 0.853. The van der Waals surface area contributed by atoms with E-state index in [0.29, 0.717) is 35.3 Å². The Morgan fingerprint density at radius 1 is 1.13 bits per heavy atom. The topological polar surface area (TPSA) is 60.0 Å². The van der Waals surface area contributed by atoms with Gasteiger partial charge in [-0.15, -0.1) is 0 Å². The van der Waals surface area contributed by atoms with Crippen molar-refractivity contribution >= 4 is 23.2 Å². The lowest BCUT2D eigenvalue weighted by atomic mass is 10.1. The first-order valence-corrected chi connectivity index (χ1v) is 10.8. The zero-order valence-electron chi connectivity index (χ0n) is 17.6. The van der Waals surface area contributed by atoms with Gasteiger partial charge in [-0.05, 0) is 43.2 Å². The SMILES string of the molecule is CCCOc1c(Cl)cc(C(=O)Nc2ccc(CN3CCOCC3)cc2)cc1OCC. The normalized spacial score (nSPS) is 14.4. The van der Waals surface area contributed by atoms with Crippen molar-refractivity contribution in [2.75, 3.05) is 44.8 Å². The average Bonchev–Trinajstić information content (AvgIpc) is 2.75.